The topological polar surface area (TPSA) is 43.4 Å². The number of hydrogen-bond donors (Lipinski definition) is 0. The van der Waals surface area contributed by atoms with Crippen LogP contribution in [0.5, 0.6) is 0 Å². The zero-order chi connectivity index (χ0) is 19.3. The average Bonchev–Trinajstić information content (AvgIpc) is 3.06. The van der Waals surface area contributed by atoms with Gasteiger partial charge in [0, 0.05) is 5.56 Å². The quantitative estimate of drug-likeness (QED) is 0.359. The van der Waals surface area contributed by atoms with E-state index in [9.17, 15) is 4.79 Å². The predicted octanol–water partition coefficient (Wildman–Crippen LogP) is 6.49. The summed E-state index contributed by atoms with van der Waals surface area (Å²) in [7, 11) is 0. The van der Waals surface area contributed by atoms with Gasteiger partial charge < -0.3 is 8.83 Å². The molecule has 0 N–H and O–H groups in total. The normalized spacial score (nSPS) is 11.4. The first-order valence-electron chi connectivity index (χ1n) is 9.25. The van der Waals surface area contributed by atoms with E-state index in [0.717, 1.165) is 33.4 Å². The molecule has 0 saturated heterocycles. The summed E-state index contributed by atoms with van der Waals surface area (Å²) in [5.41, 5.74) is 4.75. The van der Waals surface area contributed by atoms with Crippen molar-refractivity contribution in [2.45, 2.75) is 13.8 Å². The van der Waals surface area contributed by atoms with Crippen molar-refractivity contribution in [2.24, 2.45) is 0 Å². The van der Waals surface area contributed by atoms with Crippen LogP contribution in [-0.4, -0.2) is 0 Å². The number of furan rings is 1. The second-order valence-electron chi connectivity index (χ2n) is 6.94. The van der Waals surface area contributed by atoms with Crippen molar-refractivity contribution in [3.8, 4) is 22.3 Å². The number of rotatable bonds is 2. The van der Waals surface area contributed by atoms with Gasteiger partial charge in [-0.15, -0.1) is 0 Å². The average molecular weight is 366 g/mol. The van der Waals surface area contributed by atoms with Gasteiger partial charge in [0.2, 0.25) is 5.43 Å². The zero-order valence-corrected chi connectivity index (χ0v) is 15.7. The molecule has 5 aromatic rings. The fourth-order valence-electron chi connectivity index (χ4n) is 3.95. The molecule has 2 heterocycles. The van der Waals surface area contributed by atoms with Gasteiger partial charge in [-0.2, -0.15) is 0 Å². The van der Waals surface area contributed by atoms with Crippen LogP contribution in [0.1, 0.15) is 11.5 Å². The lowest BCUT2D eigenvalue weighted by atomic mass is 9.98. The molecule has 0 fully saturated rings. The molecule has 0 atom stereocenters. The minimum Gasteiger partial charge on any atom is -0.461 e. The van der Waals surface area contributed by atoms with Gasteiger partial charge in [-0.3, -0.25) is 4.79 Å². The van der Waals surface area contributed by atoms with E-state index in [2.05, 4.69) is 0 Å². The highest BCUT2D eigenvalue weighted by Gasteiger charge is 2.21. The van der Waals surface area contributed by atoms with Gasteiger partial charge >= 0.3 is 0 Å². The Kier molecular flexibility index (Phi) is 3.69. The fourth-order valence-corrected chi connectivity index (χ4v) is 3.95. The van der Waals surface area contributed by atoms with Crippen molar-refractivity contribution >= 4 is 21.9 Å². The summed E-state index contributed by atoms with van der Waals surface area (Å²) < 4.78 is 12.3. The molecule has 3 heteroatoms. The molecule has 0 aliphatic rings. The first kappa shape index (κ1) is 16.6. The zero-order valence-electron chi connectivity index (χ0n) is 15.7. The van der Waals surface area contributed by atoms with Gasteiger partial charge in [0.05, 0.1) is 16.3 Å². The number of fused-ring (bicyclic) bond motifs is 3. The maximum atomic E-state index is 13.4. The molecule has 0 aliphatic heterocycles. The van der Waals surface area contributed by atoms with Crippen molar-refractivity contribution in [1.29, 1.82) is 0 Å². The number of aryl methyl sites for hydroxylation is 2. The Morgan fingerprint density at radius 2 is 1.21 bits per heavy atom. The Morgan fingerprint density at radius 3 is 1.86 bits per heavy atom. The van der Waals surface area contributed by atoms with Gasteiger partial charge in [0.15, 0.2) is 0 Å². The van der Waals surface area contributed by atoms with Crippen molar-refractivity contribution in [3.63, 3.8) is 0 Å². The monoisotopic (exact) mass is 366 g/mol. The Morgan fingerprint density at radius 1 is 0.643 bits per heavy atom. The maximum absolute atomic E-state index is 13.4. The van der Waals surface area contributed by atoms with E-state index in [4.69, 9.17) is 8.83 Å². The molecule has 0 saturated carbocycles. The van der Waals surface area contributed by atoms with E-state index < -0.39 is 0 Å². The van der Waals surface area contributed by atoms with E-state index >= 15 is 0 Å². The minimum absolute atomic E-state index is 0.0234. The van der Waals surface area contributed by atoms with Gasteiger partial charge in [-0.05, 0) is 37.1 Å². The summed E-state index contributed by atoms with van der Waals surface area (Å²) in [6, 6.07) is 23.4. The molecular weight excluding hydrogens is 348 g/mol. The molecule has 0 amide bonds. The Bertz CT molecular complexity index is 1370. The highest BCUT2D eigenvalue weighted by molar-refractivity contribution is 6.11. The third-order valence-electron chi connectivity index (χ3n) is 5.19. The van der Waals surface area contributed by atoms with Gasteiger partial charge in [0.1, 0.15) is 22.7 Å². The molecule has 2 aromatic heterocycles. The Labute approximate surface area is 161 Å². The molecule has 0 bridgehead atoms. The third kappa shape index (κ3) is 2.40. The molecule has 136 valence electrons. The standard InChI is InChI=1S/C25H18O3/c1-15-21(17-9-5-3-6-10-17)23-20(27-15)14-13-19-24(26)22(16(2)28-25(19)23)18-11-7-4-8-12-18/h3-14H,1-2H3. The summed E-state index contributed by atoms with van der Waals surface area (Å²) in [4.78, 5) is 13.4. The molecule has 0 spiro atoms. The molecule has 5 rings (SSSR count). The second kappa shape index (κ2) is 6.24. The molecule has 3 nitrogen and oxygen atoms in total. The van der Waals surface area contributed by atoms with Gasteiger partial charge in [0.25, 0.3) is 0 Å². The van der Waals surface area contributed by atoms with Crippen molar-refractivity contribution < 1.29 is 8.83 Å². The SMILES string of the molecule is Cc1oc2c(ccc3oc(C)c(-c4ccccc4)c32)c(=O)c1-c1ccccc1. The van der Waals surface area contributed by atoms with E-state index in [1.54, 1.807) is 6.07 Å². The van der Waals surface area contributed by atoms with Crippen LogP contribution in [0.15, 0.2) is 86.4 Å². The van der Waals surface area contributed by atoms with E-state index in [1.165, 1.54) is 0 Å². The fraction of sp³-hybridized carbons (Fsp3) is 0.0800. The van der Waals surface area contributed by atoms with Crippen LogP contribution in [0.2, 0.25) is 0 Å². The summed E-state index contributed by atoms with van der Waals surface area (Å²) >= 11 is 0. The highest BCUT2D eigenvalue weighted by atomic mass is 16.3. The lowest BCUT2D eigenvalue weighted by molar-refractivity contribution is 0.568. The van der Waals surface area contributed by atoms with Crippen LogP contribution in [0.3, 0.4) is 0 Å². The summed E-state index contributed by atoms with van der Waals surface area (Å²) in [5.74, 6) is 1.41. The summed E-state index contributed by atoms with van der Waals surface area (Å²) in [6.45, 7) is 3.79. The van der Waals surface area contributed by atoms with Crippen LogP contribution in [0.4, 0.5) is 0 Å². The Hall–Kier alpha value is -3.59. The van der Waals surface area contributed by atoms with Crippen molar-refractivity contribution in [3.05, 3.63) is 94.5 Å². The predicted molar refractivity (Wildman–Crippen MR) is 113 cm³/mol. The molecule has 0 unspecified atom stereocenters. The van der Waals surface area contributed by atoms with E-state index in [-0.39, 0.29) is 5.43 Å². The Balaban J connectivity index is 1.91. The van der Waals surface area contributed by atoms with Crippen molar-refractivity contribution in [2.75, 3.05) is 0 Å². The van der Waals surface area contributed by atoms with E-state index in [0.29, 0.717) is 22.3 Å². The maximum Gasteiger partial charge on any atom is 0.200 e. The van der Waals surface area contributed by atoms with Crippen molar-refractivity contribution in [1.82, 2.24) is 0 Å². The first-order valence-corrected chi connectivity index (χ1v) is 9.25. The molecule has 0 aliphatic carbocycles. The highest BCUT2D eigenvalue weighted by Crippen LogP contribution is 2.39. The lowest BCUT2D eigenvalue weighted by Gasteiger charge is -2.08. The number of benzene rings is 3. The van der Waals surface area contributed by atoms with Crippen LogP contribution in [0.25, 0.3) is 44.2 Å². The molecule has 28 heavy (non-hydrogen) atoms. The van der Waals surface area contributed by atoms with E-state index in [1.807, 2.05) is 80.6 Å². The van der Waals surface area contributed by atoms with Crippen LogP contribution < -0.4 is 5.43 Å². The number of hydrogen-bond acceptors (Lipinski definition) is 3. The minimum atomic E-state index is -0.0234. The summed E-state index contributed by atoms with van der Waals surface area (Å²) in [5, 5.41) is 1.41. The molecule has 0 radical (unpaired) electrons. The molecular formula is C25H18O3. The molecule has 3 aromatic carbocycles. The largest absolute Gasteiger partial charge is 0.461 e. The smallest absolute Gasteiger partial charge is 0.200 e. The van der Waals surface area contributed by atoms with Crippen LogP contribution in [0, 0.1) is 13.8 Å². The first-order chi connectivity index (χ1) is 13.6. The van der Waals surface area contributed by atoms with Gasteiger partial charge in [-0.25, -0.2) is 0 Å². The summed E-state index contributed by atoms with van der Waals surface area (Å²) in [6.07, 6.45) is 0. The van der Waals surface area contributed by atoms with Gasteiger partial charge in [-0.1, -0.05) is 60.7 Å². The second-order valence-corrected chi connectivity index (χ2v) is 6.94. The third-order valence-corrected chi connectivity index (χ3v) is 5.19. The van der Waals surface area contributed by atoms with Crippen LogP contribution >= 0.6 is 0 Å². The lowest BCUT2D eigenvalue weighted by Crippen LogP contribution is -2.07. The van der Waals surface area contributed by atoms with Crippen LogP contribution in [-0.2, 0) is 0 Å².